The van der Waals surface area contributed by atoms with Gasteiger partial charge in [-0.2, -0.15) is 0 Å². The number of aromatic nitrogens is 2. The van der Waals surface area contributed by atoms with Crippen molar-refractivity contribution in [3.63, 3.8) is 0 Å². The lowest BCUT2D eigenvalue weighted by molar-refractivity contribution is 0.172. The lowest BCUT2D eigenvalue weighted by atomic mass is 10.1. The first kappa shape index (κ1) is 12.7. The van der Waals surface area contributed by atoms with E-state index in [1.54, 1.807) is 17.0 Å². The zero-order valence-electron chi connectivity index (χ0n) is 9.98. The number of hydrogen-bond acceptors (Lipinski definition) is 2. The molecule has 1 heterocycles. The molecule has 0 aliphatic heterocycles. The molecule has 18 heavy (non-hydrogen) atoms. The van der Waals surface area contributed by atoms with Crippen molar-refractivity contribution in [1.29, 1.82) is 0 Å². The average molecular weight is 252 g/mol. The highest BCUT2D eigenvalue weighted by molar-refractivity contribution is 5.18. The van der Waals surface area contributed by atoms with Crippen LogP contribution in [0, 0.1) is 11.6 Å². The molecule has 1 unspecified atom stereocenters. The zero-order chi connectivity index (χ0) is 13.1. The van der Waals surface area contributed by atoms with E-state index in [0.29, 0.717) is 12.0 Å². The van der Waals surface area contributed by atoms with Crippen molar-refractivity contribution in [1.82, 2.24) is 9.55 Å². The van der Waals surface area contributed by atoms with Crippen LogP contribution in [-0.2, 0) is 19.9 Å². The van der Waals surface area contributed by atoms with E-state index in [-0.39, 0.29) is 6.42 Å². The van der Waals surface area contributed by atoms with Gasteiger partial charge in [-0.25, -0.2) is 13.8 Å². The second-order valence-corrected chi connectivity index (χ2v) is 4.29. The zero-order valence-corrected chi connectivity index (χ0v) is 9.98. The summed E-state index contributed by atoms with van der Waals surface area (Å²) in [5, 5.41) is 9.88. The normalized spacial score (nSPS) is 12.7. The van der Waals surface area contributed by atoms with Crippen molar-refractivity contribution in [2.75, 3.05) is 0 Å². The van der Waals surface area contributed by atoms with Gasteiger partial charge in [0.15, 0.2) is 0 Å². The Morgan fingerprint density at radius 3 is 2.44 bits per heavy atom. The molecule has 0 aliphatic carbocycles. The number of nitrogens with zero attached hydrogens (tertiary/aromatic N) is 2. The fraction of sp³-hybridized carbons (Fsp3) is 0.308. The Morgan fingerprint density at radius 2 is 1.89 bits per heavy atom. The number of hydrogen-bond donors (Lipinski definition) is 1. The van der Waals surface area contributed by atoms with Gasteiger partial charge in [0.1, 0.15) is 17.5 Å². The van der Waals surface area contributed by atoms with E-state index in [1.807, 2.05) is 7.05 Å². The van der Waals surface area contributed by atoms with Gasteiger partial charge in [0.2, 0.25) is 0 Å². The Morgan fingerprint density at radius 1 is 1.22 bits per heavy atom. The summed E-state index contributed by atoms with van der Waals surface area (Å²) in [5.41, 5.74) is 0.439. The molecule has 0 saturated carbocycles. The standard InChI is InChI=1S/C13H14F2N2O/c1-17-3-2-16-13(17)8-12(18)6-9-4-10(14)7-11(15)5-9/h2-5,7,12,18H,6,8H2,1H3. The van der Waals surface area contributed by atoms with Crippen LogP contribution in [-0.4, -0.2) is 20.8 Å². The molecule has 1 N–H and O–H groups in total. The minimum Gasteiger partial charge on any atom is -0.392 e. The topological polar surface area (TPSA) is 38.0 Å². The second-order valence-electron chi connectivity index (χ2n) is 4.29. The molecule has 1 atom stereocenters. The summed E-state index contributed by atoms with van der Waals surface area (Å²) in [7, 11) is 1.83. The predicted octanol–water partition coefficient (Wildman–Crippen LogP) is 1.84. The van der Waals surface area contributed by atoms with E-state index in [9.17, 15) is 13.9 Å². The predicted molar refractivity (Wildman–Crippen MR) is 63.0 cm³/mol. The minimum absolute atomic E-state index is 0.196. The third-order valence-electron chi connectivity index (χ3n) is 2.73. The van der Waals surface area contributed by atoms with Crippen LogP contribution < -0.4 is 0 Å². The molecule has 1 aromatic carbocycles. The van der Waals surface area contributed by atoms with Crippen LogP contribution in [0.25, 0.3) is 0 Å². The first-order valence-corrected chi connectivity index (χ1v) is 5.64. The van der Waals surface area contributed by atoms with Crippen LogP contribution in [0.1, 0.15) is 11.4 Å². The summed E-state index contributed by atoms with van der Waals surface area (Å²) < 4.78 is 27.8. The fourth-order valence-electron chi connectivity index (χ4n) is 1.88. The number of benzene rings is 1. The molecule has 0 bridgehead atoms. The molecule has 3 nitrogen and oxygen atoms in total. The molecular weight excluding hydrogens is 238 g/mol. The molecule has 0 spiro atoms. The Balaban J connectivity index is 2.03. The number of aliphatic hydroxyl groups is 1. The monoisotopic (exact) mass is 252 g/mol. The van der Waals surface area contributed by atoms with Gasteiger partial charge >= 0.3 is 0 Å². The van der Waals surface area contributed by atoms with Gasteiger partial charge < -0.3 is 9.67 Å². The van der Waals surface area contributed by atoms with Gasteiger partial charge in [0.05, 0.1) is 6.10 Å². The molecule has 0 aliphatic rings. The van der Waals surface area contributed by atoms with Gasteiger partial charge in [-0.3, -0.25) is 0 Å². The number of aliphatic hydroxyl groups excluding tert-OH is 1. The van der Waals surface area contributed by atoms with E-state index in [1.165, 1.54) is 12.1 Å². The van der Waals surface area contributed by atoms with Crippen molar-refractivity contribution < 1.29 is 13.9 Å². The van der Waals surface area contributed by atoms with Crippen molar-refractivity contribution >= 4 is 0 Å². The summed E-state index contributed by atoms with van der Waals surface area (Å²) in [5.74, 6) is -0.525. The van der Waals surface area contributed by atoms with E-state index in [0.717, 1.165) is 11.9 Å². The van der Waals surface area contributed by atoms with Gasteiger partial charge in [-0.05, 0) is 24.1 Å². The highest BCUT2D eigenvalue weighted by atomic mass is 19.1. The van der Waals surface area contributed by atoms with Crippen molar-refractivity contribution in [2.24, 2.45) is 7.05 Å². The molecule has 0 saturated heterocycles. The maximum atomic E-state index is 13.0. The number of rotatable bonds is 4. The molecule has 1 aromatic heterocycles. The second kappa shape index (κ2) is 5.27. The molecule has 0 radical (unpaired) electrons. The molecule has 2 rings (SSSR count). The minimum atomic E-state index is -0.715. The molecule has 2 aromatic rings. The van der Waals surface area contributed by atoms with E-state index < -0.39 is 17.7 Å². The quantitative estimate of drug-likeness (QED) is 0.901. The Bertz CT molecular complexity index is 519. The molecule has 5 heteroatoms. The number of aryl methyl sites for hydroxylation is 1. The maximum absolute atomic E-state index is 13.0. The molecular formula is C13H14F2N2O. The third kappa shape index (κ3) is 3.13. The summed E-state index contributed by atoms with van der Waals surface area (Å²) in [6.07, 6.45) is 3.25. The highest BCUT2D eigenvalue weighted by Gasteiger charge is 2.11. The first-order chi connectivity index (χ1) is 8.54. The number of halogens is 2. The Hall–Kier alpha value is -1.75. The van der Waals surface area contributed by atoms with Crippen molar-refractivity contribution in [3.8, 4) is 0 Å². The summed E-state index contributed by atoms with van der Waals surface area (Å²) >= 11 is 0. The summed E-state index contributed by atoms with van der Waals surface area (Å²) in [4.78, 5) is 4.09. The van der Waals surface area contributed by atoms with Gasteiger partial charge in [-0.15, -0.1) is 0 Å². The van der Waals surface area contributed by atoms with Crippen LogP contribution >= 0.6 is 0 Å². The average Bonchev–Trinajstić information content (AvgIpc) is 2.62. The lowest BCUT2D eigenvalue weighted by Crippen LogP contribution is -2.16. The van der Waals surface area contributed by atoms with E-state index in [2.05, 4.69) is 4.98 Å². The number of imidazole rings is 1. The van der Waals surface area contributed by atoms with Crippen LogP contribution in [0.2, 0.25) is 0 Å². The SMILES string of the molecule is Cn1ccnc1CC(O)Cc1cc(F)cc(F)c1. The molecule has 96 valence electrons. The van der Waals surface area contributed by atoms with Gasteiger partial charge in [-0.1, -0.05) is 0 Å². The van der Waals surface area contributed by atoms with Gasteiger partial charge in [0.25, 0.3) is 0 Å². The largest absolute Gasteiger partial charge is 0.392 e. The first-order valence-electron chi connectivity index (χ1n) is 5.64. The summed E-state index contributed by atoms with van der Waals surface area (Å²) in [6.45, 7) is 0. The van der Waals surface area contributed by atoms with Crippen molar-refractivity contribution in [2.45, 2.75) is 18.9 Å². The Kier molecular flexibility index (Phi) is 3.72. The van der Waals surface area contributed by atoms with Crippen LogP contribution in [0.3, 0.4) is 0 Å². The highest BCUT2D eigenvalue weighted by Crippen LogP contribution is 2.12. The fourth-order valence-corrected chi connectivity index (χ4v) is 1.88. The van der Waals surface area contributed by atoms with E-state index in [4.69, 9.17) is 0 Å². The molecule has 0 amide bonds. The van der Waals surface area contributed by atoms with Crippen LogP contribution in [0.5, 0.6) is 0 Å². The van der Waals surface area contributed by atoms with Crippen LogP contribution in [0.15, 0.2) is 30.6 Å². The van der Waals surface area contributed by atoms with Crippen LogP contribution in [0.4, 0.5) is 8.78 Å². The maximum Gasteiger partial charge on any atom is 0.126 e. The summed E-state index contributed by atoms with van der Waals surface area (Å²) in [6, 6.07) is 3.27. The third-order valence-corrected chi connectivity index (χ3v) is 2.73. The smallest absolute Gasteiger partial charge is 0.126 e. The van der Waals surface area contributed by atoms with E-state index >= 15 is 0 Å². The molecule has 0 fully saturated rings. The Labute approximate surface area is 104 Å². The van der Waals surface area contributed by atoms with Gasteiger partial charge in [0, 0.05) is 31.9 Å². The lowest BCUT2D eigenvalue weighted by Gasteiger charge is -2.10. The van der Waals surface area contributed by atoms with Crippen molar-refractivity contribution in [3.05, 3.63) is 53.6 Å².